The summed E-state index contributed by atoms with van der Waals surface area (Å²) in [5, 5.41) is 9.09. The quantitative estimate of drug-likeness (QED) is 0.841. The molecule has 0 spiro atoms. The van der Waals surface area contributed by atoms with Gasteiger partial charge in [0.05, 0.1) is 0 Å². The second kappa shape index (κ2) is 6.01. The molecule has 2 aromatic rings. The number of rotatable bonds is 4. The zero-order chi connectivity index (χ0) is 13.7. The van der Waals surface area contributed by atoms with Gasteiger partial charge < -0.3 is 5.11 Å². The molecule has 0 fully saturated rings. The first-order valence-electron chi connectivity index (χ1n) is 6.30. The van der Waals surface area contributed by atoms with Gasteiger partial charge in [0.2, 0.25) is 0 Å². The Morgan fingerprint density at radius 2 is 1.68 bits per heavy atom. The second-order valence-electron chi connectivity index (χ2n) is 4.27. The number of carbonyl (C=O) groups is 1. The molecular weight excluding hydrogens is 236 g/mol. The van der Waals surface area contributed by atoms with Crippen molar-refractivity contribution in [3.63, 3.8) is 0 Å². The fourth-order valence-corrected chi connectivity index (χ4v) is 2.15. The van der Waals surface area contributed by atoms with E-state index in [9.17, 15) is 4.79 Å². The molecule has 1 N–H and O–H groups in total. The van der Waals surface area contributed by atoms with Gasteiger partial charge in [0.25, 0.3) is 0 Å². The van der Waals surface area contributed by atoms with Gasteiger partial charge in [0.15, 0.2) is 0 Å². The molecule has 0 heterocycles. The lowest BCUT2D eigenvalue weighted by molar-refractivity contribution is -0.131. The standard InChI is InChI=1S/C17H16O2/c1-2-13-8-6-7-11-15(13)16(12-17(18)19)14-9-4-3-5-10-14/h3-12H,2H2,1H3,(H,18,19). The predicted octanol–water partition coefficient (Wildman–Crippen LogP) is 3.77. The number of aliphatic carboxylic acids is 1. The van der Waals surface area contributed by atoms with Crippen LogP contribution in [0, 0.1) is 0 Å². The maximum absolute atomic E-state index is 11.1. The van der Waals surface area contributed by atoms with E-state index in [1.54, 1.807) is 0 Å². The van der Waals surface area contributed by atoms with Crippen LogP contribution < -0.4 is 0 Å². The number of benzene rings is 2. The minimum absolute atomic E-state index is 0.755. The summed E-state index contributed by atoms with van der Waals surface area (Å²) in [6, 6.07) is 17.5. The Bertz CT molecular complexity index is 598. The third-order valence-electron chi connectivity index (χ3n) is 3.04. The van der Waals surface area contributed by atoms with Crippen LogP contribution in [0.4, 0.5) is 0 Å². The van der Waals surface area contributed by atoms with E-state index in [0.29, 0.717) is 0 Å². The largest absolute Gasteiger partial charge is 0.478 e. The van der Waals surface area contributed by atoms with Crippen LogP contribution in [0.1, 0.15) is 23.6 Å². The normalized spacial score (nSPS) is 11.3. The second-order valence-corrected chi connectivity index (χ2v) is 4.27. The van der Waals surface area contributed by atoms with Gasteiger partial charge in [-0.3, -0.25) is 0 Å². The van der Waals surface area contributed by atoms with Crippen molar-refractivity contribution in [1.29, 1.82) is 0 Å². The first-order chi connectivity index (χ1) is 9.22. The van der Waals surface area contributed by atoms with Crippen LogP contribution in [0.5, 0.6) is 0 Å². The van der Waals surface area contributed by atoms with Gasteiger partial charge in [-0.15, -0.1) is 0 Å². The van der Waals surface area contributed by atoms with E-state index in [1.165, 1.54) is 6.08 Å². The molecule has 0 aromatic heterocycles. The average molecular weight is 252 g/mol. The van der Waals surface area contributed by atoms with Gasteiger partial charge in [-0.1, -0.05) is 61.5 Å². The van der Waals surface area contributed by atoms with Crippen molar-refractivity contribution < 1.29 is 9.90 Å². The summed E-state index contributed by atoms with van der Waals surface area (Å²) < 4.78 is 0. The van der Waals surface area contributed by atoms with E-state index in [1.807, 2.05) is 54.6 Å². The third kappa shape index (κ3) is 3.10. The monoisotopic (exact) mass is 252 g/mol. The van der Waals surface area contributed by atoms with Crippen molar-refractivity contribution in [2.45, 2.75) is 13.3 Å². The molecule has 0 aliphatic rings. The lowest BCUT2D eigenvalue weighted by atomic mass is 9.92. The highest BCUT2D eigenvalue weighted by Gasteiger charge is 2.10. The highest BCUT2D eigenvalue weighted by molar-refractivity contribution is 5.95. The van der Waals surface area contributed by atoms with E-state index >= 15 is 0 Å². The molecule has 0 amide bonds. The summed E-state index contributed by atoms with van der Waals surface area (Å²) in [5.74, 6) is -0.926. The molecule has 0 unspecified atom stereocenters. The molecule has 0 bridgehead atoms. The molecule has 2 nitrogen and oxygen atoms in total. The van der Waals surface area contributed by atoms with Gasteiger partial charge in [0.1, 0.15) is 0 Å². The highest BCUT2D eigenvalue weighted by Crippen LogP contribution is 2.26. The zero-order valence-corrected chi connectivity index (χ0v) is 10.8. The Kier molecular flexibility index (Phi) is 4.14. The van der Waals surface area contributed by atoms with Crippen molar-refractivity contribution in [2.24, 2.45) is 0 Å². The van der Waals surface area contributed by atoms with Crippen molar-refractivity contribution in [3.8, 4) is 0 Å². The van der Waals surface area contributed by atoms with Crippen LogP contribution in [0.2, 0.25) is 0 Å². The molecule has 19 heavy (non-hydrogen) atoms. The topological polar surface area (TPSA) is 37.3 Å². The Morgan fingerprint density at radius 3 is 2.32 bits per heavy atom. The Hall–Kier alpha value is -2.35. The van der Waals surface area contributed by atoms with Crippen molar-refractivity contribution >= 4 is 11.5 Å². The van der Waals surface area contributed by atoms with Crippen molar-refractivity contribution in [3.05, 3.63) is 77.4 Å². The minimum atomic E-state index is -0.926. The van der Waals surface area contributed by atoms with Crippen molar-refractivity contribution in [2.75, 3.05) is 0 Å². The van der Waals surface area contributed by atoms with Crippen molar-refractivity contribution in [1.82, 2.24) is 0 Å². The van der Waals surface area contributed by atoms with Crippen LogP contribution in [0.3, 0.4) is 0 Å². The van der Waals surface area contributed by atoms with Gasteiger partial charge >= 0.3 is 5.97 Å². The smallest absolute Gasteiger partial charge is 0.328 e. The number of carboxylic acid groups (broad SMARTS) is 1. The van der Waals surface area contributed by atoms with Gasteiger partial charge in [-0.2, -0.15) is 0 Å². The molecule has 0 atom stereocenters. The maximum atomic E-state index is 11.1. The Labute approximate surface area is 113 Å². The number of hydrogen-bond donors (Lipinski definition) is 1. The maximum Gasteiger partial charge on any atom is 0.328 e. The Morgan fingerprint density at radius 1 is 1.05 bits per heavy atom. The van der Waals surface area contributed by atoms with Gasteiger partial charge in [0, 0.05) is 6.08 Å². The molecule has 2 rings (SSSR count). The summed E-state index contributed by atoms with van der Waals surface area (Å²) in [6.45, 7) is 2.07. The van der Waals surface area contributed by atoms with Crippen LogP contribution in [0.15, 0.2) is 60.7 Å². The number of carboxylic acids is 1. The average Bonchev–Trinajstić information content (AvgIpc) is 2.45. The summed E-state index contributed by atoms with van der Waals surface area (Å²) in [6.07, 6.45) is 2.16. The fraction of sp³-hybridized carbons (Fsp3) is 0.118. The third-order valence-corrected chi connectivity index (χ3v) is 3.04. The molecule has 0 aliphatic heterocycles. The lowest BCUT2D eigenvalue weighted by Crippen LogP contribution is -1.98. The van der Waals surface area contributed by atoms with Gasteiger partial charge in [-0.05, 0) is 28.7 Å². The molecule has 0 saturated heterocycles. The van der Waals surface area contributed by atoms with Crippen LogP contribution in [0.25, 0.3) is 5.57 Å². The van der Waals surface area contributed by atoms with Crippen LogP contribution in [-0.4, -0.2) is 11.1 Å². The van der Waals surface area contributed by atoms with E-state index in [0.717, 1.165) is 28.7 Å². The zero-order valence-electron chi connectivity index (χ0n) is 10.8. The van der Waals surface area contributed by atoms with Crippen LogP contribution >= 0.6 is 0 Å². The van der Waals surface area contributed by atoms with E-state index in [-0.39, 0.29) is 0 Å². The number of hydrogen-bond acceptors (Lipinski definition) is 1. The number of aryl methyl sites for hydroxylation is 1. The lowest BCUT2D eigenvalue weighted by Gasteiger charge is -2.12. The molecule has 2 aromatic carbocycles. The minimum Gasteiger partial charge on any atom is -0.478 e. The molecule has 0 radical (unpaired) electrons. The summed E-state index contributed by atoms with van der Waals surface area (Å²) in [5.41, 5.74) is 3.81. The van der Waals surface area contributed by atoms with Gasteiger partial charge in [-0.25, -0.2) is 4.79 Å². The van der Waals surface area contributed by atoms with E-state index < -0.39 is 5.97 Å². The predicted molar refractivity (Wildman–Crippen MR) is 77.0 cm³/mol. The summed E-state index contributed by atoms with van der Waals surface area (Å²) in [4.78, 5) is 11.1. The molecule has 2 heteroatoms. The molecule has 96 valence electrons. The molecule has 0 aliphatic carbocycles. The first kappa shape index (κ1) is 13.1. The molecular formula is C17H16O2. The SMILES string of the molecule is CCc1ccccc1C(=CC(=O)O)c1ccccc1. The highest BCUT2D eigenvalue weighted by atomic mass is 16.4. The van der Waals surface area contributed by atoms with E-state index in [2.05, 4.69) is 6.92 Å². The molecule has 0 saturated carbocycles. The van der Waals surface area contributed by atoms with Crippen LogP contribution in [-0.2, 0) is 11.2 Å². The summed E-state index contributed by atoms with van der Waals surface area (Å²) in [7, 11) is 0. The Balaban J connectivity index is 2.60. The van der Waals surface area contributed by atoms with E-state index in [4.69, 9.17) is 5.11 Å². The summed E-state index contributed by atoms with van der Waals surface area (Å²) >= 11 is 0. The first-order valence-corrected chi connectivity index (χ1v) is 6.30. The fourth-order valence-electron chi connectivity index (χ4n) is 2.15.